The third kappa shape index (κ3) is 2.00. The van der Waals surface area contributed by atoms with Crippen molar-refractivity contribution in [3.8, 4) is 0 Å². The summed E-state index contributed by atoms with van der Waals surface area (Å²) in [7, 11) is 0. The van der Waals surface area contributed by atoms with Crippen molar-refractivity contribution in [3.63, 3.8) is 0 Å². The second kappa shape index (κ2) is 3.09. The van der Waals surface area contributed by atoms with Gasteiger partial charge < -0.3 is 4.57 Å². The Balaban J connectivity index is 2.95. The minimum Gasteiger partial charge on any atom is -0.310 e. The summed E-state index contributed by atoms with van der Waals surface area (Å²) in [6.07, 6.45) is 3.19. The fourth-order valence-corrected chi connectivity index (χ4v) is 0.768. The lowest BCUT2D eigenvalue weighted by Crippen LogP contribution is -2.24. The molecule has 1 N–H and O–H groups in total. The Morgan fingerprint density at radius 2 is 2.55 bits per heavy atom. The normalized spacial score (nSPS) is 9.55. The molecule has 0 aromatic carbocycles. The molecule has 0 aliphatic carbocycles. The molecule has 58 valence electrons. The molecule has 0 atom stereocenters. The summed E-state index contributed by atoms with van der Waals surface area (Å²) in [5.74, 6) is 0.0245. The van der Waals surface area contributed by atoms with Gasteiger partial charge in [-0.3, -0.25) is 10.2 Å². The molecule has 1 rings (SSSR count). The highest BCUT2D eigenvalue weighted by Crippen LogP contribution is 1.79. The van der Waals surface area contributed by atoms with E-state index >= 15 is 0 Å². The molecule has 1 heterocycles. The van der Waals surface area contributed by atoms with E-state index < -0.39 is 0 Å². The van der Waals surface area contributed by atoms with Crippen molar-refractivity contribution in [3.05, 3.63) is 24.1 Å². The SMILES string of the molecule is CC(=O)Cn1cccnc1=N. The number of nitrogens with zero attached hydrogens (tertiary/aromatic N) is 2. The van der Waals surface area contributed by atoms with Crippen LogP contribution in [-0.2, 0) is 11.3 Å². The second-order valence-corrected chi connectivity index (χ2v) is 2.27. The van der Waals surface area contributed by atoms with E-state index in [1.807, 2.05) is 0 Å². The Hall–Kier alpha value is -1.45. The number of carbonyl (C=O) groups is 1. The lowest BCUT2D eigenvalue weighted by Gasteiger charge is -2.00. The van der Waals surface area contributed by atoms with Crippen LogP contribution in [0.2, 0.25) is 0 Å². The lowest BCUT2D eigenvalue weighted by atomic mass is 10.4. The highest BCUT2D eigenvalue weighted by Gasteiger charge is 1.94. The predicted octanol–water partition coefficient (Wildman–Crippen LogP) is -0.0484. The van der Waals surface area contributed by atoms with E-state index in [0.717, 1.165) is 0 Å². The molecular weight excluding hydrogens is 142 g/mol. The maximum atomic E-state index is 10.6. The number of carbonyl (C=O) groups excluding carboxylic acids is 1. The minimum absolute atomic E-state index is 0.0245. The van der Waals surface area contributed by atoms with Gasteiger partial charge in [0.2, 0.25) is 5.62 Å². The van der Waals surface area contributed by atoms with Crippen molar-refractivity contribution in [2.75, 3.05) is 0 Å². The van der Waals surface area contributed by atoms with E-state index in [1.54, 1.807) is 12.3 Å². The molecule has 4 heteroatoms. The van der Waals surface area contributed by atoms with Gasteiger partial charge in [0.1, 0.15) is 5.78 Å². The zero-order valence-electron chi connectivity index (χ0n) is 6.24. The van der Waals surface area contributed by atoms with Crippen molar-refractivity contribution < 1.29 is 4.79 Å². The summed E-state index contributed by atoms with van der Waals surface area (Å²) >= 11 is 0. The first-order valence-corrected chi connectivity index (χ1v) is 3.25. The van der Waals surface area contributed by atoms with Gasteiger partial charge in [-0.05, 0) is 13.0 Å². The van der Waals surface area contributed by atoms with E-state index in [0.29, 0.717) is 0 Å². The van der Waals surface area contributed by atoms with Crippen molar-refractivity contribution in [1.82, 2.24) is 9.55 Å². The smallest absolute Gasteiger partial charge is 0.222 e. The van der Waals surface area contributed by atoms with Gasteiger partial charge in [-0.15, -0.1) is 0 Å². The van der Waals surface area contributed by atoms with Crippen LogP contribution < -0.4 is 5.62 Å². The molecule has 4 nitrogen and oxygen atoms in total. The van der Waals surface area contributed by atoms with Crippen LogP contribution in [0.3, 0.4) is 0 Å². The molecule has 11 heavy (non-hydrogen) atoms. The first-order valence-electron chi connectivity index (χ1n) is 3.25. The molecule has 0 aliphatic rings. The van der Waals surface area contributed by atoms with Gasteiger partial charge in [-0.2, -0.15) is 0 Å². The van der Waals surface area contributed by atoms with Crippen LogP contribution in [0.5, 0.6) is 0 Å². The van der Waals surface area contributed by atoms with Crippen LogP contribution >= 0.6 is 0 Å². The number of rotatable bonds is 2. The van der Waals surface area contributed by atoms with Crippen LogP contribution in [0.15, 0.2) is 18.5 Å². The van der Waals surface area contributed by atoms with Crippen molar-refractivity contribution in [2.24, 2.45) is 0 Å². The van der Waals surface area contributed by atoms with Crippen LogP contribution in [0.25, 0.3) is 0 Å². The summed E-state index contributed by atoms with van der Waals surface area (Å²) in [5, 5.41) is 7.26. The molecule has 0 spiro atoms. The average molecular weight is 151 g/mol. The number of Topliss-reactive ketones (excluding diaryl/α,β-unsaturated/α-hetero) is 1. The zero-order valence-corrected chi connectivity index (χ0v) is 6.24. The maximum absolute atomic E-state index is 10.6. The van der Waals surface area contributed by atoms with Gasteiger partial charge >= 0.3 is 0 Å². The largest absolute Gasteiger partial charge is 0.310 e. The van der Waals surface area contributed by atoms with Gasteiger partial charge in [-0.1, -0.05) is 0 Å². The quantitative estimate of drug-likeness (QED) is 0.644. The molecule has 0 bridgehead atoms. The number of aromatic nitrogens is 2. The van der Waals surface area contributed by atoms with Crippen LogP contribution in [-0.4, -0.2) is 15.3 Å². The fourth-order valence-electron chi connectivity index (χ4n) is 0.768. The molecule has 0 amide bonds. The Morgan fingerprint density at radius 3 is 3.09 bits per heavy atom. The first-order chi connectivity index (χ1) is 5.20. The highest BCUT2D eigenvalue weighted by atomic mass is 16.1. The van der Waals surface area contributed by atoms with E-state index in [2.05, 4.69) is 4.98 Å². The first kappa shape index (κ1) is 7.65. The average Bonchev–Trinajstić information content (AvgIpc) is 1.93. The molecule has 0 radical (unpaired) electrons. The summed E-state index contributed by atoms with van der Waals surface area (Å²) in [6, 6.07) is 1.70. The molecule has 1 aromatic rings. The van der Waals surface area contributed by atoms with Crippen LogP contribution in [0, 0.1) is 5.41 Å². The molecule has 0 saturated heterocycles. The maximum Gasteiger partial charge on any atom is 0.222 e. The third-order valence-corrected chi connectivity index (χ3v) is 1.21. The Bertz CT molecular complexity index is 315. The van der Waals surface area contributed by atoms with E-state index in [9.17, 15) is 4.79 Å². The number of hydrogen-bond acceptors (Lipinski definition) is 3. The Labute approximate surface area is 64.0 Å². The fraction of sp³-hybridized carbons (Fsp3) is 0.286. The van der Waals surface area contributed by atoms with Crippen molar-refractivity contribution >= 4 is 5.78 Å². The minimum atomic E-state index is 0.0245. The van der Waals surface area contributed by atoms with E-state index in [1.165, 1.54) is 17.7 Å². The molecule has 1 aromatic heterocycles. The number of nitrogens with one attached hydrogen (secondary N) is 1. The van der Waals surface area contributed by atoms with Gasteiger partial charge in [0.25, 0.3) is 0 Å². The van der Waals surface area contributed by atoms with Crippen molar-refractivity contribution in [1.29, 1.82) is 5.41 Å². The number of ketones is 1. The lowest BCUT2D eigenvalue weighted by molar-refractivity contribution is -0.117. The number of hydrogen-bond donors (Lipinski definition) is 1. The van der Waals surface area contributed by atoms with Crippen LogP contribution in [0.1, 0.15) is 6.92 Å². The molecular formula is C7H9N3O. The van der Waals surface area contributed by atoms with Gasteiger partial charge in [0.05, 0.1) is 6.54 Å². The van der Waals surface area contributed by atoms with Crippen molar-refractivity contribution in [2.45, 2.75) is 13.5 Å². The van der Waals surface area contributed by atoms with E-state index in [4.69, 9.17) is 5.41 Å². The Kier molecular flexibility index (Phi) is 2.15. The third-order valence-electron chi connectivity index (χ3n) is 1.21. The van der Waals surface area contributed by atoms with Gasteiger partial charge in [0, 0.05) is 12.4 Å². The predicted molar refractivity (Wildman–Crippen MR) is 38.8 cm³/mol. The summed E-state index contributed by atoms with van der Waals surface area (Å²) in [6.45, 7) is 1.71. The zero-order chi connectivity index (χ0) is 8.27. The molecule has 0 unspecified atom stereocenters. The molecule has 0 aliphatic heterocycles. The second-order valence-electron chi connectivity index (χ2n) is 2.27. The molecule has 0 saturated carbocycles. The summed E-state index contributed by atoms with van der Waals surface area (Å²) in [5.41, 5.74) is 0.114. The monoisotopic (exact) mass is 151 g/mol. The Morgan fingerprint density at radius 1 is 1.82 bits per heavy atom. The molecule has 0 fully saturated rings. The van der Waals surface area contributed by atoms with Gasteiger partial charge in [0.15, 0.2) is 0 Å². The topological polar surface area (TPSA) is 58.7 Å². The standard InChI is InChI=1S/C7H9N3O/c1-6(11)5-10-4-2-3-9-7(10)8/h2-4,8H,5H2,1H3. The van der Waals surface area contributed by atoms with Gasteiger partial charge in [-0.25, -0.2) is 4.98 Å². The van der Waals surface area contributed by atoms with E-state index in [-0.39, 0.29) is 17.9 Å². The highest BCUT2D eigenvalue weighted by molar-refractivity contribution is 5.75. The summed E-state index contributed by atoms with van der Waals surface area (Å²) < 4.78 is 1.49. The summed E-state index contributed by atoms with van der Waals surface area (Å²) in [4.78, 5) is 14.3. The van der Waals surface area contributed by atoms with Crippen LogP contribution in [0.4, 0.5) is 0 Å².